The van der Waals surface area contributed by atoms with Gasteiger partial charge in [-0.25, -0.2) is 9.97 Å². The second-order valence-electron chi connectivity index (χ2n) is 15.4. The molecule has 252 valence electrons. The Labute approximate surface area is 308 Å². The highest BCUT2D eigenvalue weighted by molar-refractivity contribution is 6.23. The van der Waals surface area contributed by atoms with Gasteiger partial charge in [0.25, 0.3) is 0 Å². The maximum atomic E-state index is 5.27. The molecule has 0 spiro atoms. The summed E-state index contributed by atoms with van der Waals surface area (Å²) in [7, 11) is 0. The van der Waals surface area contributed by atoms with E-state index < -0.39 is 0 Å². The molecule has 2 aliphatic rings. The van der Waals surface area contributed by atoms with Crippen molar-refractivity contribution in [2.75, 3.05) is 0 Å². The van der Waals surface area contributed by atoms with Gasteiger partial charge in [0.15, 0.2) is 0 Å². The van der Waals surface area contributed by atoms with Crippen molar-refractivity contribution in [3.8, 4) is 22.4 Å². The van der Waals surface area contributed by atoms with Gasteiger partial charge in [0, 0.05) is 38.8 Å². The standard InChI is InChI=1S/C50H37N3/c1-30-27-34(23-24-35(30)49-51-43-20-12-11-19-38(43)48(52-49)33-15-5-4-6-16-33)53-44-26-22-32-14-8-10-18-37(32)47(44)40-28-39-42(29-45(40)53)50(2,3)41-25-21-31-13-7-9-17-36(31)46(39)41/h4-30,35H,1-3H3. The highest BCUT2D eigenvalue weighted by atomic mass is 15.0. The first-order chi connectivity index (χ1) is 26.0. The average molecular weight is 680 g/mol. The Morgan fingerprint density at radius 2 is 1.30 bits per heavy atom. The number of hydrogen-bond donors (Lipinski definition) is 0. The summed E-state index contributed by atoms with van der Waals surface area (Å²) in [5, 5.41) is 8.84. The van der Waals surface area contributed by atoms with Gasteiger partial charge in [0.05, 0.1) is 22.2 Å². The molecular weight excluding hydrogens is 643 g/mol. The highest BCUT2D eigenvalue weighted by Gasteiger charge is 2.37. The predicted octanol–water partition coefficient (Wildman–Crippen LogP) is 12.8. The van der Waals surface area contributed by atoms with Crippen molar-refractivity contribution in [1.29, 1.82) is 0 Å². The molecular formula is C50H37N3. The Hall–Kier alpha value is -6.32. The molecule has 0 fully saturated rings. The molecule has 3 nitrogen and oxygen atoms in total. The summed E-state index contributed by atoms with van der Waals surface area (Å²) in [6, 6.07) is 50.8. The predicted molar refractivity (Wildman–Crippen MR) is 222 cm³/mol. The van der Waals surface area contributed by atoms with Gasteiger partial charge in [0.2, 0.25) is 0 Å². The van der Waals surface area contributed by atoms with Crippen LogP contribution in [0, 0.1) is 5.92 Å². The van der Waals surface area contributed by atoms with Gasteiger partial charge in [-0.1, -0.05) is 148 Å². The molecule has 0 amide bonds. The van der Waals surface area contributed by atoms with Crippen LogP contribution in [0.25, 0.3) is 82.3 Å². The van der Waals surface area contributed by atoms with Gasteiger partial charge < -0.3 is 4.57 Å². The van der Waals surface area contributed by atoms with Crippen LogP contribution in [0.2, 0.25) is 0 Å². The van der Waals surface area contributed by atoms with Gasteiger partial charge in [-0.15, -0.1) is 0 Å². The van der Waals surface area contributed by atoms with Crippen LogP contribution in [0.3, 0.4) is 0 Å². The number of allylic oxidation sites excluding steroid dienone is 4. The summed E-state index contributed by atoms with van der Waals surface area (Å²) in [5.74, 6) is 1.08. The molecule has 2 aromatic heterocycles. The van der Waals surface area contributed by atoms with Crippen molar-refractivity contribution < 1.29 is 0 Å². The summed E-state index contributed by atoms with van der Waals surface area (Å²) in [5.41, 5.74) is 12.1. The number of para-hydroxylation sites is 1. The number of aromatic nitrogens is 3. The minimum atomic E-state index is -0.134. The number of hydrogen-bond acceptors (Lipinski definition) is 2. The SMILES string of the molecule is CC1C=C(n2c3cc4c(cc3c3c5ccccc5ccc32)-c2c(ccc3ccccc23)C4(C)C)C=CC1c1nc(-c2ccccc2)c2ccccc2n1. The molecule has 0 saturated carbocycles. The van der Waals surface area contributed by atoms with E-state index in [1.165, 1.54) is 71.3 Å². The van der Waals surface area contributed by atoms with Crippen molar-refractivity contribution in [1.82, 2.24) is 14.5 Å². The minimum Gasteiger partial charge on any atom is -0.310 e. The molecule has 9 aromatic rings. The van der Waals surface area contributed by atoms with E-state index in [9.17, 15) is 0 Å². The molecule has 2 heterocycles. The van der Waals surface area contributed by atoms with Crippen molar-refractivity contribution in [2.24, 2.45) is 5.92 Å². The summed E-state index contributed by atoms with van der Waals surface area (Å²) >= 11 is 0. The lowest BCUT2D eigenvalue weighted by molar-refractivity contribution is 0.605. The van der Waals surface area contributed by atoms with Crippen LogP contribution < -0.4 is 0 Å². The second-order valence-corrected chi connectivity index (χ2v) is 15.4. The third-order valence-corrected chi connectivity index (χ3v) is 12.0. The maximum Gasteiger partial charge on any atom is 0.137 e. The lowest BCUT2D eigenvalue weighted by Crippen LogP contribution is -2.15. The van der Waals surface area contributed by atoms with Gasteiger partial charge in [0.1, 0.15) is 5.82 Å². The third kappa shape index (κ3) is 4.34. The van der Waals surface area contributed by atoms with Gasteiger partial charge >= 0.3 is 0 Å². The summed E-state index contributed by atoms with van der Waals surface area (Å²) in [6.07, 6.45) is 7.07. The first-order valence-corrected chi connectivity index (χ1v) is 18.7. The fourth-order valence-corrected chi connectivity index (χ4v) is 9.40. The van der Waals surface area contributed by atoms with Crippen LogP contribution in [-0.4, -0.2) is 14.5 Å². The molecule has 2 atom stereocenters. The lowest BCUT2D eigenvalue weighted by Gasteiger charge is -2.25. The monoisotopic (exact) mass is 679 g/mol. The quantitative estimate of drug-likeness (QED) is 0.186. The minimum absolute atomic E-state index is 0.0469. The zero-order valence-electron chi connectivity index (χ0n) is 30.0. The smallest absolute Gasteiger partial charge is 0.137 e. The molecule has 0 radical (unpaired) electrons. The molecule has 2 aliphatic carbocycles. The molecule has 0 bridgehead atoms. The molecule has 0 aliphatic heterocycles. The maximum absolute atomic E-state index is 5.27. The van der Waals surface area contributed by atoms with Crippen molar-refractivity contribution in [2.45, 2.75) is 32.1 Å². The van der Waals surface area contributed by atoms with E-state index >= 15 is 0 Å². The van der Waals surface area contributed by atoms with Crippen LogP contribution >= 0.6 is 0 Å². The fraction of sp³-hybridized carbons (Fsp3) is 0.120. The third-order valence-electron chi connectivity index (χ3n) is 12.0. The Bertz CT molecular complexity index is 3050. The van der Waals surface area contributed by atoms with Crippen LogP contribution in [0.5, 0.6) is 0 Å². The highest BCUT2D eigenvalue weighted by Crippen LogP contribution is 2.54. The Morgan fingerprint density at radius 3 is 2.11 bits per heavy atom. The summed E-state index contributed by atoms with van der Waals surface area (Å²) in [4.78, 5) is 10.4. The molecule has 53 heavy (non-hydrogen) atoms. The van der Waals surface area contributed by atoms with E-state index in [2.05, 4.69) is 183 Å². The zero-order valence-corrected chi connectivity index (χ0v) is 30.0. The second kappa shape index (κ2) is 11.1. The van der Waals surface area contributed by atoms with Crippen LogP contribution in [-0.2, 0) is 5.41 Å². The Balaban J connectivity index is 1.12. The van der Waals surface area contributed by atoms with Gasteiger partial charge in [-0.05, 0) is 80.1 Å². The van der Waals surface area contributed by atoms with Gasteiger partial charge in [-0.2, -0.15) is 0 Å². The Kier molecular flexibility index (Phi) is 6.34. The molecule has 0 saturated heterocycles. The van der Waals surface area contributed by atoms with Crippen LogP contribution in [0.15, 0.2) is 158 Å². The first kappa shape index (κ1) is 30.3. The largest absolute Gasteiger partial charge is 0.310 e. The van der Waals surface area contributed by atoms with E-state index in [0.717, 1.165) is 28.0 Å². The zero-order chi connectivity index (χ0) is 35.4. The van der Waals surface area contributed by atoms with Gasteiger partial charge in [-0.3, -0.25) is 0 Å². The first-order valence-electron chi connectivity index (χ1n) is 18.7. The van der Waals surface area contributed by atoms with E-state index in [-0.39, 0.29) is 17.3 Å². The molecule has 0 N–H and O–H groups in total. The average Bonchev–Trinajstić information content (AvgIpc) is 3.65. The fourth-order valence-electron chi connectivity index (χ4n) is 9.40. The molecule has 11 rings (SSSR count). The topological polar surface area (TPSA) is 30.7 Å². The number of rotatable bonds is 3. The molecule has 3 heteroatoms. The van der Waals surface area contributed by atoms with E-state index in [0.29, 0.717) is 0 Å². The van der Waals surface area contributed by atoms with Crippen LogP contribution in [0.4, 0.5) is 0 Å². The molecule has 2 unspecified atom stereocenters. The van der Waals surface area contributed by atoms with E-state index in [4.69, 9.17) is 9.97 Å². The van der Waals surface area contributed by atoms with Crippen molar-refractivity contribution in [3.63, 3.8) is 0 Å². The van der Waals surface area contributed by atoms with E-state index in [1.807, 2.05) is 0 Å². The summed E-state index contributed by atoms with van der Waals surface area (Å²) < 4.78 is 2.51. The lowest BCUT2D eigenvalue weighted by atomic mass is 9.82. The van der Waals surface area contributed by atoms with Crippen molar-refractivity contribution in [3.05, 3.63) is 175 Å². The van der Waals surface area contributed by atoms with Crippen LogP contribution in [0.1, 0.15) is 43.6 Å². The van der Waals surface area contributed by atoms with Crippen molar-refractivity contribution >= 4 is 60.0 Å². The summed E-state index contributed by atoms with van der Waals surface area (Å²) in [6.45, 7) is 7.08. The number of fused-ring (bicyclic) bond motifs is 11. The Morgan fingerprint density at radius 1 is 0.604 bits per heavy atom. The molecule has 7 aromatic carbocycles. The number of nitrogens with zero attached hydrogens (tertiary/aromatic N) is 3. The van der Waals surface area contributed by atoms with E-state index in [1.54, 1.807) is 0 Å². The number of benzene rings is 7. The normalized spacial score (nSPS) is 17.5.